The second-order valence-electron chi connectivity index (χ2n) is 11.1. The lowest BCUT2D eigenvalue weighted by Gasteiger charge is -2.21. The molecule has 4 N–H and O–H groups in total. The Bertz CT molecular complexity index is 1920. The molecule has 0 atom stereocenters. The highest BCUT2D eigenvalue weighted by molar-refractivity contribution is 6.01. The van der Waals surface area contributed by atoms with E-state index in [2.05, 4.69) is 41.8 Å². The van der Waals surface area contributed by atoms with Gasteiger partial charge in [-0.05, 0) is 91.9 Å². The number of hydrogen-bond acceptors (Lipinski definition) is 5. The number of fused-ring (bicyclic) bond motifs is 2. The Balaban J connectivity index is 1.20. The molecule has 0 unspecified atom stereocenters. The van der Waals surface area contributed by atoms with Crippen LogP contribution in [0.4, 0.5) is 10.1 Å². The number of anilines is 1. The number of aromatic nitrogens is 5. The number of aryl methyl sites for hydroxylation is 1. The molecule has 1 fully saturated rings. The highest BCUT2D eigenvalue weighted by Gasteiger charge is 2.18. The normalized spacial score (nSPS) is 14.0. The minimum atomic E-state index is -0.275. The van der Waals surface area contributed by atoms with E-state index >= 15 is 0 Å². The van der Waals surface area contributed by atoms with Crippen LogP contribution in [0.3, 0.4) is 0 Å². The summed E-state index contributed by atoms with van der Waals surface area (Å²) in [5, 5.41) is 16.0. The van der Waals surface area contributed by atoms with Crippen molar-refractivity contribution in [2.24, 2.45) is 5.92 Å². The third-order valence-corrected chi connectivity index (χ3v) is 8.00. The number of aromatic amines is 2. The molecule has 8 nitrogen and oxygen atoms in total. The van der Waals surface area contributed by atoms with Gasteiger partial charge in [0, 0.05) is 40.7 Å². The van der Waals surface area contributed by atoms with Crippen LogP contribution in [-0.4, -0.2) is 44.1 Å². The lowest BCUT2D eigenvalue weighted by Crippen LogP contribution is -2.30. The molecule has 2 aromatic carbocycles. The van der Waals surface area contributed by atoms with Crippen LogP contribution in [0.1, 0.15) is 24.8 Å². The first-order chi connectivity index (χ1) is 20.5. The van der Waals surface area contributed by atoms with Crippen molar-refractivity contribution in [2.45, 2.75) is 26.2 Å². The summed E-state index contributed by atoms with van der Waals surface area (Å²) in [5.74, 6) is 0.164. The van der Waals surface area contributed by atoms with Crippen LogP contribution in [0.5, 0.6) is 0 Å². The average Bonchev–Trinajstić information content (AvgIpc) is 3.61. The van der Waals surface area contributed by atoms with E-state index in [1.807, 2.05) is 37.3 Å². The minimum Gasteiger partial charge on any atom is -0.352 e. The Labute approximate surface area is 241 Å². The maximum Gasteiger partial charge on any atom is 0.224 e. The summed E-state index contributed by atoms with van der Waals surface area (Å²) < 4.78 is 14.2. The highest BCUT2D eigenvalue weighted by Crippen LogP contribution is 2.35. The van der Waals surface area contributed by atoms with Crippen LogP contribution in [0.15, 0.2) is 73.3 Å². The molecule has 210 valence electrons. The fraction of sp³-hybridized carbons (Fsp3) is 0.212. The predicted molar refractivity (Wildman–Crippen MR) is 163 cm³/mol. The Hall–Kier alpha value is -4.89. The molecule has 5 heterocycles. The van der Waals surface area contributed by atoms with Crippen molar-refractivity contribution in [3.63, 3.8) is 0 Å². The maximum atomic E-state index is 14.2. The van der Waals surface area contributed by atoms with Gasteiger partial charge >= 0.3 is 0 Å². The first-order valence-corrected chi connectivity index (χ1v) is 14.2. The lowest BCUT2D eigenvalue weighted by molar-refractivity contribution is -0.117. The summed E-state index contributed by atoms with van der Waals surface area (Å²) in [7, 11) is 0. The zero-order valence-corrected chi connectivity index (χ0v) is 23.2. The van der Waals surface area contributed by atoms with E-state index < -0.39 is 0 Å². The number of halogens is 1. The van der Waals surface area contributed by atoms with Gasteiger partial charge in [-0.25, -0.2) is 4.39 Å². The number of nitrogens with zero attached hydrogens (tertiary/aromatic N) is 3. The van der Waals surface area contributed by atoms with Crippen molar-refractivity contribution < 1.29 is 9.18 Å². The number of pyridine rings is 2. The molecule has 6 aromatic rings. The van der Waals surface area contributed by atoms with E-state index in [0.29, 0.717) is 18.0 Å². The van der Waals surface area contributed by atoms with Crippen LogP contribution < -0.4 is 10.6 Å². The maximum absolute atomic E-state index is 14.2. The lowest BCUT2D eigenvalue weighted by atomic mass is 9.94. The van der Waals surface area contributed by atoms with Gasteiger partial charge < -0.3 is 15.6 Å². The van der Waals surface area contributed by atoms with Gasteiger partial charge in [0.25, 0.3) is 0 Å². The zero-order valence-electron chi connectivity index (χ0n) is 23.2. The van der Waals surface area contributed by atoms with Crippen LogP contribution in [0, 0.1) is 18.7 Å². The smallest absolute Gasteiger partial charge is 0.224 e. The minimum absolute atomic E-state index is 0.0227. The van der Waals surface area contributed by atoms with Gasteiger partial charge in [-0.3, -0.25) is 19.9 Å². The van der Waals surface area contributed by atoms with E-state index in [-0.39, 0.29) is 11.7 Å². The molecular formula is C33H30FN7O. The molecule has 1 aliphatic rings. The van der Waals surface area contributed by atoms with Crippen LogP contribution in [-0.2, 0) is 4.79 Å². The number of carbonyl (C=O) groups excluding carboxylic acids is 1. The summed E-state index contributed by atoms with van der Waals surface area (Å²) in [6.45, 7) is 3.82. The monoisotopic (exact) mass is 559 g/mol. The molecule has 0 aliphatic carbocycles. The molecule has 1 aliphatic heterocycles. The fourth-order valence-corrected chi connectivity index (χ4v) is 5.93. The van der Waals surface area contributed by atoms with Gasteiger partial charge in [-0.1, -0.05) is 12.1 Å². The van der Waals surface area contributed by atoms with Gasteiger partial charge in [0.05, 0.1) is 34.8 Å². The molecule has 0 spiro atoms. The van der Waals surface area contributed by atoms with E-state index in [1.165, 1.54) is 12.1 Å². The quantitative estimate of drug-likeness (QED) is 0.184. The Morgan fingerprint density at radius 3 is 2.62 bits per heavy atom. The van der Waals surface area contributed by atoms with E-state index in [4.69, 9.17) is 0 Å². The molecule has 42 heavy (non-hydrogen) atoms. The van der Waals surface area contributed by atoms with Crippen molar-refractivity contribution in [2.75, 3.05) is 18.4 Å². The molecule has 0 bridgehead atoms. The summed E-state index contributed by atoms with van der Waals surface area (Å²) in [6, 6.07) is 15.1. The molecule has 0 saturated carbocycles. The van der Waals surface area contributed by atoms with E-state index in [0.717, 1.165) is 86.9 Å². The molecule has 4 aromatic heterocycles. The van der Waals surface area contributed by atoms with E-state index in [1.54, 1.807) is 24.8 Å². The standard InChI is InChI=1S/C33H30FN7O/c1-19-8-22(11-24(34)9-19)28-17-37-18-31-26(28)14-30(39-31)33-27-13-21(2-3-29(27)40-41-33)23-12-25(16-36-15-23)38-32(42)10-20-4-6-35-7-5-20/h2-3,8-9,11-18,20,35,39H,4-7,10H2,1H3,(H,38,42)(H,40,41). The third-order valence-electron chi connectivity index (χ3n) is 8.00. The van der Waals surface area contributed by atoms with Gasteiger partial charge in [-0.15, -0.1) is 0 Å². The van der Waals surface area contributed by atoms with Crippen molar-refractivity contribution in [1.29, 1.82) is 0 Å². The molecule has 1 saturated heterocycles. The first kappa shape index (κ1) is 26.0. The number of hydrogen-bond donors (Lipinski definition) is 4. The molecular weight excluding hydrogens is 529 g/mol. The first-order valence-electron chi connectivity index (χ1n) is 14.2. The number of amides is 1. The third kappa shape index (κ3) is 5.14. The second kappa shape index (κ2) is 10.8. The molecule has 7 rings (SSSR count). The molecule has 9 heteroatoms. The number of H-pyrrole nitrogens is 2. The number of carbonyl (C=O) groups is 1. The zero-order chi connectivity index (χ0) is 28.6. The SMILES string of the molecule is Cc1cc(F)cc(-c2cncc3[nH]c(-c4n[nH]c5ccc(-c6cncc(NC(=O)CC7CCNCC7)c6)cc45)cc23)c1. The van der Waals surface area contributed by atoms with Crippen molar-refractivity contribution in [3.05, 3.63) is 84.7 Å². The number of rotatable bonds is 6. The Morgan fingerprint density at radius 1 is 0.905 bits per heavy atom. The number of nitrogens with one attached hydrogen (secondary N) is 4. The van der Waals surface area contributed by atoms with Gasteiger partial charge in [0.15, 0.2) is 0 Å². The van der Waals surface area contributed by atoms with Gasteiger partial charge in [0.1, 0.15) is 11.5 Å². The van der Waals surface area contributed by atoms with Crippen molar-refractivity contribution in [3.8, 4) is 33.6 Å². The van der Waals surface area contributed by atoms with Crippen molar-refractivity contribution >= 4 is 33.4 Å². The Kier molecular flexibility index (Phi) is 6.71. The van der Waals surface area contributed by atoms with Crippen molar-refractivity contribution in [1.82, 2.24) is 30.5 Å². The largest absolute Gasteiger partial charge is 0.352 e. The number of piperidine rings is 1. The molecule has 0 radical (unpaired) electrons. The second-order valence-corrected chi connectivity index (χ2v) is 11.1. The van der Waals surface area contributed by atoms with Crippen LogP contribution in [0.25, 0.3) is 55.4 Å². The summed E-state index contributed by atoms with van der Waals surface area (Å²) >= 11 is 0. The fourth-order valence-electron chi connectivity index (χ4n) is 5.93. The summed E-state index contributed by atoms with van der Waals surface area (Å²) in [5.41, 5.74) is 8.35. The highest BCUT2D eigenvalue weighted by atomic mass is 19.1. The van der Waals surface area contributed by atoms with Gasteiger partial charge in [0.2, 0.25) is 5.91 Å². The Morgan fingerprint density at radius 2 is 1.76 bits per heavy atom. The number of benzene rings is 2. The van der Waals surface area contributed by atoms with E-state index in [9.17, 15) is 9.18 Å². The average molecular weight is 560 g/mol. The van der Waals surface area contributed by atoms with Gasteiger partial charge in [-0.2, -0.15) is 5.10 Å². The molecule has 1 amide bonds. The van der Waals surface area contributed by atoms with Crippen LogP contribution in [0.2, 0.25) is 0 Å². The summed E-state index contributed by atoms with van der Waals surface area (Å²) in [6.07, 6.45) is 9.59. The predicted octanol–water partition coefficient (Wildman–Crippen LogP) is 6.61. The van der Waals surface area contributed by atoms with Crippen LogP contribution >= 0.6 is 0 Å². The topological polar surface area (TPSA) is 111 Å². The summed E-state index contributed by atoms with van der Waals surface area (Å²) in [4.78, 5) is 24.9.